The quantitative estimate of drug-likeness (QED) is 0.669. The van der Waals surface area contributed by atoms with E-state index in [9.17, 15) is 14.6 Å². The summed E-state index contributed by atoms with van der Waals surface area (Å²) in [5, 5.41) is 21.5. The molecule has 3 saturated carbocycles. The Morgan fingerprint density at radius 1 is 1.09 bits per heavy atom. The molecular weight excluding hydrogens is 279 g/mol. The van der Waals surface area contributed by atoms with Crippen LogP contribution in [0.25, 0.3) is 0 Å². The Hall–Kier alpha value is -0.410. The second-order valence-electron chi connectivity index (χ2n) is 8.65. The molecule has 0 spiro atoms. The third-order valence-electron chi connectivity index (χ3n) is 7.61. The van der Waals surface area contributed by atoms with Gasteiger partial charge in [0, 0.05) is 11.3 Å². The molecule has 2 N–H and O–H groups in total. The predicted octanol–water partition coefficient (Wildman–Crippen LogP) is 3.76. The lowest BCUT2D eigenvalue weighted by atomic mass is 9.56. The van der Waals surface area contributed by atoms with E-state index in [0.29, 0.717) is 12.3 Å². The van der Waals surface area contributed by atoms with Crippen LogP contribution in [0.3, 0.4) is 0 Å². The largest absolute Gasteiger partial charge is 0.393 e. The molecule has 6 unspecified atom stereocenters. The first-order valence-corrected chi connectivity index (χ1v) is 9.18. The summed E-state index contributed by atoms with van der Waals surface area (Å²) >= 11 is 0. The van der Waals surface area contributed by atoms with Crippen LogP contribution >= 0.6 is 0 Å². The number of alkyl halides is 1. The minimum atomic E-state index is -0.748. The smallest absolute Gasteiger partial charge is 0.106 e. The van der Waals surface area contributed by atoms with Gasteiger partial charge < -0.3 is 10.2 Å². The fraction of sp³-hybridized carbons (Fsp3) is 0.895. The van der Waals surface area contributed by atoms with Gasteiger partial charge in [0.15, 0.2) is 0 Å². The Balaban J connectivity index is 1.68. The fourth-order valence-corrected chi connectivity index (χ4v) is 6.22. The van der Waals surface area contributed by atoms with Crippen molar-refractivity contribution < 1.29 is 14.6 Å². The minimum absolute atomic E-state index is 0.107. The van der Waals surface area contributed by atoms with Gasteiger partial charge in [-0.3, -0.25) is 0 Å². The SMILES string of the molecule is CC12CCC3C=C4CC(O)CCC4CC[C@]3(O)C1CCC2F. The van der Waals surface area contributed by atoms with Crippen molar-refractivity contribution in [2.45, 2.75) is 82.6 Å². The van der Waals surface area contributed by atoms with E-state index in [-0.39, 0.29) is 23.4 Å². The van der Waals surface area contributed by atoms with Crippen LogP contribution < -0.4 is 0 Å². The van der Waals surface area contributed by atoms with E-state index in [1.54, 1.807) is 0 Å². The van der Waals surface area contributed by atoms with E-state index in [1.165, 1.54) is 5.57 Å². The number of aliphatic hydroxyl groups excluding tert-OH is 1. The number of fused-ring (bicyclic) bond motifs is 4. The van der Waals surface area contributed by atoms with Crippen molar-refractivity contribution >= 4 is 0 Å². The summed E-state index contributed by atoms with van der Waals surface area (Å²) in [5.41, 5.74) is 0.333. The summed E-state index contributed by atoms with van der Waals surface area (Å²) in [6.45, 7) is 2.07. The maximum atomic E-state index is 14.5. The monoisotopic (exact) mass is 308 g/mol. The molecule has 0 saturated heterocycles. The van der Waals surface area contributed by atoms with Gasteiger partial charge in [0.2, 0.25) is 0 Å². The van der Waals surface area contributed by atoms with E-state index >= 15 is 0 Å². The van der Waals surface area contributed by atoms with Crippen molar-refractivity contribution in [3.8, 4) is 0 Å². The van der Waals surface area contributed by atoms with Gasteiger partial charge in [-0.05, 0) is 69.6 Å². The molecule has 3 heteroatoms. The molecule has 4 aliphatic rings. The first-order chi connectivity index (χ1) is 10.4. The summed E-state index contributed by atoms with van der Waals surface area (Å²) in [6.07, 6.45) is 9.13. The summed E-state index contributed by atoms with van der Waals surface area (Å²) in [5.74, 6) is 0.809. The van der Waals surface area contributed by atoms with Crippen LogP contribution in [0.5, 0.6) is 0 Å². The maximum absolute atomic E-state index is 14.5. The van der Waals surface area contributed by atoms with Gasteiger partial charge >= 0.3 is 0 Å². The van der Waals surface area contributed by atoms with Crippen LogP contribution in [0.1, 0.15) is 64.7 Å². The zero-order valence-corrected chi connectivity index (χ0v) is 13.6. The van der Waals surface area contributed by atoms with Gasteiger partial charge in [-0.2, -0.15) is 0 Å². The molecule has 0 amide bonds. The summed E-state index contributed by atoms with van der Waals surface area (Å²) in [6, 6.07) is 0. The molecule has 7 atom stereocenters. The Morgan fingerprint density at radius 3 is 2.73 bits per heavy atom. The average molecular weight is 308 g/mol. The molecule has 0 aromatic rings. The van der Waals surface area contributed by atoms with Gasteiger partial charge in [-0.1, -0.05) is 18.6 Å². The first-order valence-electron chi connectivity index (χ1n) is 9.18. The van der Waals surface area contributed by atoms with Gasteiger partial charge in [-0.15, -0.1) is 0 Å². The number of aliphatic hydroxyl groups is 2. The third kappa shape index (κ3) is 2.04. The maximum Gasteiger partial charge on any atom is 0.106 e. The molecule has 0 radical (unpaired) electrons. The van der Waals surface area contributed by atoms with Crippen molar-refractivity contribution in [1.82, 2.24) is 0 Å². The Bertz CT molecular complexity index is 490. The average Bonchev–Trinajstić information content (AvgIpc) is 2.70. The first kappa shape index (κ1) is 15.1. The highest BCUT2D eigenvalue weighted by molar-refractivity contribution is 5.22. The van der Waals surface area contributed by atoms with Crippen molar-refractivity contribution in [3.05, 3.63) is 11.6 Å². The van der Waals surface area contributed by atoms with Crippen LogP contribution in [0.2, 0.25) is 0 Å². The summed E-state index contributed by atoms with van der Waals surface area (Å²) in [7, 11) is 0. The van der Waals surface area contributed by atoms with Crippen LogP contribution in [0.4, 0.5) is 4.39 Å². The van der Waals surface area contributed by atoms with Crippen LogP contribution in [0.15, 0.2) is 11.6 Å². The van der Waals surface area contributed by atoms with Crippen molar-refractivity contribution in [1.29, 1.82) is 0 Å². The molecule has 0 heterocycles. The zero-order valence-electron chi connectivity index (χ0n) is 13.6. The molecule has 0 bridgehead atoms. The van der Waals surface area contributed by atoms with Gasteiger partial charge in [0.05, 0.1) is 11.7 Å². The van der Waals surface area contributed by atoms with Gasteiger partial charge in [-0.25, -0.2) is 4.39 Å². The summed E-state index contributed by atoms with van der Waals surface area (Å²) in [4.78, 5) is 0. The lowest BCUT2D eigenvalue weighted by molar-refractivity contribution is -0.137. The number of hydrogen-bond donors (Lipinski definition) is 2. The van der Waals surface area contributed by atoms with E-state index in [2.05, 4.69) is 13.0 Å². The molecule has 4 rings (SSSR count). The van der Waals surface area contributed by atoms with Crippen LogP contribution in [-0.4, -0.2) is 28.1 Å². The van der Waals surface area contributed by atoms with Crippen molar-refractivity contribution in [3.63, 3.8) is 0 Å². The van der Waals surface area contributed by atoms with Gasteiger partial charge in [0.25, 0.3) is 0 Å². The number of hydrogen-bond acceptors (Lipinski definition) is 2. The lowest BCUT2D eigenvalue weighted by Gasteiger charge is -2.52. The Labute approximate surface area is 132 Å². The molecule has 4 aliphatic carbocycles. The zero-order chi connectivity index (χ0) is 15.5. The summed E-state index contributed by atoms with van der Waals surface area (Å²) < 4.78 is 14.5. The molecule has 0 aromatic heterocycles. The van der Waals surface area contributed by atoms with Crippen LogP contribution in [-0.2, 0) is 0 Å². The number of rotatable bonds is 0. The van der Waals surface area contributed by atoms with E-state index in [0.717, 1.165) is 51.4 Å². The Kier molecular flexibility index (Phi) is 3.47. The normalized spacial score (nSPS) is 54.7. The fourth-order valence-electron chi connectivity index (χ4n) is 6.22. The van der Waals surface area contributed by atoms with Crippen LogP contribution in [0, 0.1) is 23.2 Å². The third-order valence-corrected chi connectivity index (χ3v) is 7.61. The highest BCUT2D eigenvalue weighted by Crippen LogP contribution is 2.61. The van der Waals surface area contributed by atoms with Crippen molar-refractivity contribution in [2.24, 2.45) is 23.2 Å². The highest BCUT2D eigenvalue weighted by Gasteiger charge is 2.60. The molecule has 3 fully saturated rings. The standard InChI is InChI=1S/C19H29FO2/c1-18-8-7-14-10-13-11-15(21)3-2-12(13)6-9-19(14,22)16(18)4-5-17(18)20/h10,12,14-17,21-22H,2-9,11H2,1H3/t12?,14?,15?,16?,17?,18?,19-/m1/s1. The highest BCUT2D eigenvalue weighted by atomic mass is 19.1. The lowest BCUT2D eigenvalue weighted by Crippen LogP contribution is -2.54. The van der Waals surface area contributed by atoms with E-state index in [4.69, 9.17) is 0 Å². The molecule has 0 aromatic carbocycles. The molecule has 2 nitrogen and oxygen atoms in total. The molecule has 124 valence electrons. The predicted molar refractivity (Wildman–Crippen MR) is 84.1 cm³/mol. The topological polar surface area (TPSA) is 40.5 Å². The molecule has 0 aliphatic heterocycles. The van der Waals surface area contributed by atoms with Crippen molar-refractivity contribution in [2.75, 3.05) is 0 Å². The second kappa shape index (κ2) is 5.04. The van der Waals surface area contributed by atoms with E-state index < -0.39 is 11.8 Å². The minimum Gasteiger partial charge on any atom is -0.393 e. The van der Waals surface area contributed by atoms with Gasteiger partial charge in [0.1, 0.15) is 6.17 Å². The Morgan fingerprint density at radius 2 is 1.91 bits per heavy atom. The van der Waals surface area contributed by atoms with E-state index in [1.807, 2.05) is 0 Å². The molecule has 22 heavy (non-hydrogen) atoms. The number of halogens is 1. The second-order valence-corrected chi connectivity index (χ2v) is 8.65. The molecular formula is C19H29FO2.